The fourth-order valence-electron chi connectivity index (χ4n) is 3.41. The van der Waals surface area contributed by atoms with Gasteiger partial charge in [-0.25, -0.2) is 4.79 Å². The van der Waals surface area contributed by atoms with Crippen molar-refractivity contribution < 1.29 is 18.7 Å². The molecule has 34 heavy (non-hydrogen) atoms. The molecule has 0 atom stereocenters. The van der Waals surface area contributed by atoms with Gasteiger partial charge in [-0.15, -0.1) is 5.10 Å². The van der Waals surface area contributed by atoms with Crippen LogP contribution in [0.25, 0.3) is 23.2 Å². The highest BCUT2D eigenvalue weighted by Crippen LogP contribution is 2.22. The van der Waals surface area contributed by atoms with Gasteiger partial charge in [0.15, 0.2) is 18.1 Å². The lowest BCUT2D eigenvalue weighted by atomic mass is 10.1. The predicted molar refractivity (Wildman–Crippen MR) is 126 cm³/mol. The summed E-state index contributed by atoms with van der Waals surface area (Å²) in [7, 11) is 0. The first-order chi connectivity index (χ1) is 16.6. The average Bonchev–Trinajstić information content (AvgIpc) is 3.55. The Morgan fingerprint density at radius 1 is 1.09 bits per heavy atom. The summed E-state index contributed by atoms with van der Waals surface area (Å²) in [6, 6.07) is 18.3. The minimum Gasteiger partial charge on any atom is -0.465 e. The van der Waals surface area contributed by atoms with Crippen molar-refractivity contribution in [3.8, 4) is 11.4 Å². The van der Waals surface area contributed by atoms with Crippen LogP contribution >= 0.6 is 0 Å². The Labute approximate surface area is 196 Å². The maximum atomic E-state index is 13.1. The van der Waals surface area contributed by atoms with Crippen LogP contribution < -0.4 is 5.32 Å². The third-order valence-corrected chi connectivity index (χ3v) is 5.10. The summed E-state index contributed by atoms with van der Waals surface area (Å²) in [6.07, 6.45) is 3.70. The number of hydrogen-bond donors (Lipinski definition) is 1. The van der Waals surface area contributed by atoms with E-state index in [4.69, 9.17) is 9.15 Å². The van der Waals surface area contributed by atoms with E-state index < -0.39 is 18.5 Å². The second-order valence-electron chi connectivity index (χ2n) is 7.41. The number of nitrogens with one attached hydrogen (secondary N) is 1. The molecule has 0 unspecified atom stereocenters. The molecule has 0 bridgehead atoms. The Morgan fingerprint density at radius 3 is 2.65 bits per heavy atom. The zero-order chi connectivity index (χ0) is 23.9. The zero-order valence-electron chi connectivity index (χ0n) is 18.8. The molecule has 9 nitrogen and oxygen atoms in total. The van der Waals surface area contributed by atoms with Crippen LogP contribution in [0.1, 0.15) is 23.8 Å². The Morgan fingerprint density at radius 2 is 1.91 bits per heavy atom. The van der Waals surface area contributed by atoms with Crippen molar-refractivity contribution in [3.63, 3.8) is 0 Å². The summed E-state index contributed by atoms with van der Waals surface area (Å²) in [5.41, 5.74) is 3.36. The van der Waals surface area contributed by atoms with Crippen LogP contribution in [0.5, 0.6) is 0 Å². The van der Waals surface area contributed by atoms with Crippen LogP contribution in [0.3, 0.4) is 0 Å². The molecular weight excluding hydrogens is 434 g/mol. The highest BCUT2D eigenvalue weighted by Gasteiger charge is 2.22. The number of para-hydroxylation sites is 1. The molecule has 1 amide bonds. The number of carbonyl (C=O) groups excluding carboxylic acids is 2. The van der Waals surface area contributed by atoms with E-state index in [2.05, 4.69) is 20.8 Å². The largest absolute Gasteiger partial charge is 0.465 e. The maximum absolute atomic E-state index is 13.1. The van der Waals surface area contributed by atoms with Gasteiger partial charge in [0, 0.05) is 17.3 Å². The molecule has 4 aromatic rings. The molecule has 2 aromatic heterocycles. The molecule has 0 saturated carbocycles. The number of anilines is 1. The molecule has 0 aliphatic heterocycles. The number of esters is 1. The van der Waals surface area contributed by atoms with Gasteiger partial charge < -0.3 is 14.5 Å². The maximum Gasteiger partial charge on any atom is 0.357 e. The summed E-state index contributed by atoms with van der Waals surface area (Å²) in [5, 5.41) is 14.6. The number of tetrazole rings is 1. The van der Waals surface area contributed by atoms with Crippen LogP contribution in [0.15, 0.2) is 71.3 Å². The van der Waals surface area contributed by atoms with E-state index in [9.17, 15) is 9.59 Å². The first-order valence-electron chi connectivity index (χ1n) is 10.7. The van der Waals surface area contributed by atoms with Crippen molar-refractivity contribution in [2.75, 3.05) is 11.9 Å². The van der Waals surface area contributed by atoms with Crippen LogP contribution in [0.4, 0.5) is 5.69 Å². The molecule has 172 valence electrons. The number of nitrogens with zero attached hydrogens (tertiary/aromatic N) is 4. The van der Waals surface area contributed by atoms with Gasteiger partial charge in [-0.2, -0.15) is 4.68 Å². The van der Waals surface area contributed by atoms with E-state index in [0.717, 1.165) is 23.2 Å². The third kappa shape index (κ3) is 5.09. The molecule has 1 N–H and O–H groups in total. The topological polar surface area (TPSA) is 112 Å². The van der Waals surface area contributed by atoms with Gasteiger partial charge in [0.25, 0.3) is 5.91 Å². The fourth-order valence-corrected chi connectivity index (χ4v) is 3.41. The third-order valence-electron chi connectivity index (χ3n) is 5.10. The monoisotopic (exact) mass is 457 g/mol. The summed E-state index contributed by atoms with van der Waals surface area (Å²) < 4.78 is 12.0. The van der Waals surface area contributed by atoms with E-state index in [1.165, 1.54) is 17.0 Å². The van der Waals surface area contributed by atoms with E-state index in [0.29, 0.717) is 17.1 Å². The van der Waals surface area contributed by atoms with Gasteiger partial charge in [-0.3, -0.25) is 4.79 Å². The van der Waals surface area contributed by atoms with Gasteiger partial charge in [-0.05, 0) is 47.0 Å². The van der Waals surface area contributed by atoms with Crippen LogP contribution in [0.2, 0.25) is 0 Å². The molecule has 9 heteroatoms. The predicted octanol–water partition coefficient (Wildman–Crippen LogP) is 3.98. The van der Waals surface area contributed by atoms with Gasteiger partial charge in [0.05, 0.1) is 6.26 Å². The van der Waals surface area contributed by atoms with E-state index in [1.54, 1.807) is 12.1 Å². The lowest BCUT2D eigenvalue weighted by molar-refractivity contribution is -0.141. The smallest absolute Gasteiger partial charge is 0.357 e. The van der Waals surface area contributed by atoms with Crippen LogP contribution in [-0.2, 0) is 20.7 Å². The second-order valence-corrected chi connectivity index (χ2v) is 7.41. The first-order valence-corrected chi connectivity index (χ1v) is 10.7. The lowest BCUT2D eigenvalue weighted by Gasteiger charge is -2.13. The van der Waals surface area contributed by atoms with Crippen molar-refractivity contribution in [1.29, 1.82) is 0 Å². The molecular formula is C25H23N5O4. The summed E-state index contributed by atoms with van der Waals surface area (Å²) in [6.45, 7) is 3.44. The normalized spacial score (nSPS) is 11.3. The first kappa shape index (κ1) is 22.7. The number of rotatable bonds is 8. The number of hydrogen-bond acceptors (Lipinski definition) is 7. The summed E-state index contributed by atoms with van der Waals surface area (Å²) in [5.74, 6) is -0.489. The van der Waals surface area contributed by atoms with Crippen molar-refractivity contribution in [2.45, 2.75) is 20.3 Å². The molecule has 4 rings (SSSR count). The Kier molecular flexibility index (Phi) is 6.92. The zero-order valence-corrected chi connectivity index (χ0v) is 18.8. The highest BCUT2D eigenvalue weighted by molar-refractivity contribution is 6.16. The average molecular weight is 457 g/mol. The highest BCUT2D eigenvalue weighted by atomic mass is 16.5. The summed E-state index contributed by atoms with van der Waals surface area (Å²) >= 11 is 0. The van der Waals surface area contributed by atoms with Crippen LogP contribution in [-0.4, -0.2) is 38.7 Å². The molecule has 0 spiro atoms. The van der Waals surface area contributed by atoms with Crippen molar-refractivity contribution in [3.05, 3.63) is 83.8 Å². The minimum atomic E-state index is -0.781. The Bertz CT molecular complexity index is 1310. The number of aromatic nitrogens is 4. The standard InChI is InChI=1S/C25H23N5O4/c1-3-18-12-7-9-17(2)23(18)26-22(31)16-34-25(32)21(15-20-13-8-14-33-20)30-24(27-28-29-30)19-10-5-4-6-11-19/h4-15H,3,16H2,1-2H3,(H,26,31)/b21-15-. The fraction of sp³-hybridized carbons (Fsp3) is 0.160. The van der Waals surface area contributed by atoms with Gasteiger partial charge >= 0.3 is 5.97 Å². The number of aryl methyl sites for hydroxylation is 2. The van der Waals surface area contributed by atoms with Crippen molar-refractivity contribution in [2.24, 2.45) is 0 Å². The van der Waals surface area contributed by atoms with E-state index >= 15 is 0 Å². The number of benzene rings is 2. The van der Waals surface area contributed by atoms with Crippen molar-refractivity contribution in [1.82, 2.24) is 20.2 Å². The Balaban J connectivity index is 1.56. The molecule has 0 saturated heterocycles. The molecule has 2 aromatic carbocycles. The minimum absolute atomic E-state index is 0.00302. The quantitative estimate of drug-likeness (QED) is 0.314. The molecule has 0 aliphatic carbocycles. The number of carbonyl (C=O) groups is 2. The van der Waals surface area contributed by atoms with Gasteiger partial charge in [-0.1, -0.05) is 55.5 Å². The van der Waals surface area contributed by atoms with Gasteiger partial charge in [0.2, 0.25) is 0 Å². The van der Waals surface area contributed by atoms with Crippen molar-refractivity contribution >= 4 is 29.3 Å². The number of ether oxygens (including phenoxy) is 1. The molecule has 0 aliphatic rings. The van der Waals surface area contributed by atoms with E-state index in [-0.39, 0.29) is 5.70 Å². The molecule has 0 fully saturated rings. The van der Waals surface area contributed by atoms with Gasteiger partial charge in [0.1, 0.15) is 5.76 Å². The SMILES string of the molecule is CCc1cccc(C)c1NC(=O)COC(=O)/C(=C/c1ccco1)n1nnnc1-c1ccccc1. The van der Waals surface area contributed by atoms with Crippen LogP contribution in [0, 0.1) is 6.92 Å². The van der Waals surface area contributed by atoms with E-state index in [1.807, 2.05) is 62.4 Å². The molecule has 0 radical (unpaired) electrons. The second kappa shape index (κ2) is 10.4. The Hall–Kier alpha value is -4.53. The number of furan rings is 1. The summed E-state index contributed by atoms with van der Waals surface area (Å²) in [4.78, 5) is 25.6. The molecule has 2 heterocycles. The number of amides is 1. The lowest BCUT2D eigenvalue weighted by Crippen LogP contribution is -2.24.